The zero-order valence-corrected chi connectivity index (χ0v) is 11.6. The molecule has 1 aromatic carbocycles. The maximum absolute atomic E-state index is 2.40. The summed E-state index contributed by atoms with van der Waals surface area (Å²) in [6.07, 6.45) is 0. The van der Waals surface area contributed by atoms with Crippen molar-refractivity contribution >= 4 is 44.0 Å². The Morgan fingerprint density at radius 2 is 1.93 bits per heavy atom. The Bertz CT molecular complexity index is 463. The number of rotatable bonds is 0. The predicted molar refractivity (Wildman–Crippen MR) is 73.2 cm³/mol. The number of fused-ring (bicyclic) bond motifs is 1. The number of hydrogen-bond donors (Lipinski definition) is 0. The van der Waals surface area contributed by atoms with Gasteiger partial charge in [0.25, 0.3) is 0 Å². The van der Waals surface area contributed by atoms with E-state index in [0.717, 1.165) is 0 Å². The third kappa shape index (κ3) is 1.82. The fourth-order valence-corrected chi connectivity index (χ4v) is 3.35. The molecule has 1 aromatic heterocycles. The normalized spacial score (nSPS) is 12.3. The van der Waals surface area contributed by atoms with Gasteiger partial charge in [-0.1, -0.05) is 32.9 Å². The summed E-state index contributed by atoms with van der Waals surface area (Å²) in [6.45, 7) is 6.77. The first-order valence-corrected chi connectivity index (χ1v) is 6.61. The van der Waals surface area contributed by atoms with Gasteiger partial charge in [0.1, 0.15) is 0 Å². The third-order valence-corrected chi connectivity index (χ3v) is 4.65. The van der Waals surface area contributed by atoms with Crippen LogP contribution >= 0.6 is 33.9 Å². The van der Waals surface area contributed by atoms with Gasteiger partial charge in [-0.25, -0.2) is 0 Å². The highest BCUT2D eigenvalue weighted by molar-refractivity contribution is 14.1. The molecule has 0 aliphatic carbocycles. The van der Waals surface area contributed by atoms with E-state index in [9.17, 15) is 0 Å². The lowest BCUT2D eigenvalue weighted by molar-refractivity contribution is 0.591. The molecular formula is C12H13IS. The van der Waals surface area contributed by atoms with Crippen molar-refractivity contribution in [3.63, 3.8) is 0 Å². The van der Waals surface area contributed by atoms with Crippen LogP contribution in [0.4, 0.5) is 0 Å². The van der Waals surface area contributed by atoms with Crippen molar-refractivity contribution < 1.29 is 0 Å². The molecule has 0 nitrogen and oxygen atoms in total. The second-order valence-corrected chi connectivity index (χ2v) is 6.62. The van der Waals surface area contributed by atoms with Gasteiger partial charge in [0.2, 0.25) is 0 Å². The summed E-state index contributed by atoms with van der Waals surface area (Å²) in [4.78, 5) is 0. The molecule has 0 bridgehead atoms. The molecule has 0 spiro atoms. The minimum absolute atomic E-state index is 0.254. The summed E-state index contributed by atoms with van der Waals surface area (Å²) in [6, 6.07) is 6.81. The van der Waals surface area contributed by atoms with Gasteiger partial charge in [-0.05, 0) is 39.6 Å². The quantitative estimate of drug-likeness (QED) is 0.612. The minimum Gasteiger partial charge on any atom is -0.143 e. The van der Waals surface area contributed by atoms with E-state index < -0.39 is 0 Å². The van der Waals surface area contributed by atoms with E-state index in [4.69, 9.17) is 0 Å². The summed E-state index contributed by atoms with van der Waals surface area (Å²) in [5.41, 5.74) is 1.67. The monoisotopic (exact) mass is 316 g/mol. The molecule has 0 radical (unpaired) electrons. The van der Waals surface area contributed by atoms with Crippen LogP contribution in [0.25, 0.3) is 10.1 Å². The Morgan fingerprint density at radius 1 is 1.21 bits per heavy atom. The third-order valence-electron chi connectivity index (χ3n) is 2.39. The number of thiophene rings is 1. The molecule has 0 aliphatic rings. The van der Waals surface area contributed by atoms with Crippen molar-refractivity contribution in [2.45, 2.75) is 26.2 Å². The van der Waals surface area contributed by atoms with E-state index in [1.165, 1.54) is 19.2 Å². The van der Waals surface area contributed by atoms with Crippen LogP contribution < -0.4 is 0 Å². The van der Waals surface area contributed by atoms with Crippen molar-refractivity contribution in [2.24, 2.45) is 0 Å². The molecular weight excluding hydrogens is 303 g/mol. The van der Waals surface area contributed by atoms with Crippen LogP contribution in [0, 0.1) is 3.57 Å². The van der Waals surface area contributed by atoms with E-state index in [2.05, 4.69) is 66.9 Å². The topological polar surface area (TPSA) is 0 Å². The fraction of sp³-hybridized carbons (Fsp3) is 0.333. The predicted octanol–water partition coefficient (Wildman–Crippen LogP) is 4.80. The second kappa shape index (κ2) is 3.49. The van der Waals surface area contributed by atoms with Crippen LogP contribution in [0.3, 0.4) is 0 Å². The van der Waals surface area contributed by atoms with Gasteiger partial charge in [-0.15, -0.1) is 11.3 Å². The molecule has 14 heavy (non-hydrogen) atoms. The maximum atomic E-state index is 2.40. The molecule has 74 valence electrons. The molecule has 0 fully saturated rings. The Labute approximate surface area is 102 Å². The van der Waals surface area contributed by atoms with Gasteiger partial charge in [0.15, 0.2) is 0 Å². The zero-order chi connectivity index (χ0) is 10.3. The second-order valence-electron chi connectivity index (χ2n) is 4.54. The molecule has 0 atom stereocenters. The highest BCUT2D eigenvalue weighted by atomic mass is 127. The Kier molecular flexibility index (Phi) is 2.60. The highest BCUT2D eigenvalue weighted by Crippen LogP contribution is 2.31. The molecule has 0 unspecified atom stereocenters. The molecule has 2 heteroatoms. The molecule has 0 saturated carbocycles. The Balaban J connectivity index is 2.63. The highest BCUT2D eigenvalue weighted by Gasteiger charge is 2.14. The van der Waals surface area contributed by atoms with Gasteiger partial charge in [0, 0.05) is 19.0 Å². The van der Waals surface area contributed by atoms with Crippen LogP contribution in [0.2, 0.25) is 0 Å². The molecule has 2 aromatic rings. The SMILES string of the molecule is CC(C)(C)c1ccc2c(I)csc2c1. The summed E-state index contributed by atoms with van der Waals surface area (Å²) in [5, 5.41) is 3.61. The van der Waals surface area contributed by atoms with Gasteiger partial charge in [-0.3, -0.25) is 0 Å². The lowest BCUT2D eigenvalue weighted by Gasteiger charge is -2.18. The van der Waals surface area contributed by atoms with Crippen molar-refractivity contribution in [1.29, 1.82) is 0 Å². The molecule has 0 saturated heterocycles. The fourth-order valence-electron chi connectivity index (χ4n) is 1.46. The van der Waals surface area contributed by atoms with Gasteiger partial charge in [-0.2, -0.15) is 0 Å². The molecule has 2 rings (SSSR count). The largest absolute Gasteiger partial charge is 0.143 e. The first-order valence-electron chi connectivity index (χ1n) is 4.66. The van der Waals surface area contributed by atoms with E-state index >= 15 is 0 Å². The van der Waals surface area contributed by atoms with Crippen molar-refractivity contribution in [3.05, 3.63) is 32.7 Å². The molecule has 0 N–H and O–H groups in total. The number of halogens is 1. The number of hydrogen-bond acceptors (Lipinski definition) is 1. The van der Waals surface area contributed by atoms with E-state index in [-0.39, 0.29) is 5.41 Å². The summed E-state index contributed by atoms with van der Waals surface area (Å²) in [7, 11) is 0. The van der Waals surface area contributed by atoms with E-state index in [1.807, 2.05) is 11.3 Å². The smallest absolute Gasteiger partial charge is 0.0356 e. The van der Waals surface area contributed by atoms with Gasteiger partial charge < -0.3 is 0 Å². The Hall–Kier alpha value is -0.0900. The van der Waals surface area contributed by atoms with Crippen molar-refractivity contribution in [2.75, 3.05) is 0 Å². The summed E-state index contributed by atoms with van der Waals surface area (Å²) >= 11 is 4.23. The van der Waals surface area contributed by atoms with Crippen LogP contribution in [0.1, 0.15) is 26.3 Å². The lowest BCUT2D eigenvalue weighted by Crippen LogP contribution is -2.10. The Morgan fingerprint density at radius 3 is 2.57 bits per heavy atom. The van der Waals surface area contributed by atoms with Crippen LogP contribution in [0.15, 0.2) is 23.6 Å². The van der Waals surface area contributed by atoms with Crippen molar-refractivity contribution in [1.82, 2.24) is 0 Å². The average Bonchev–Trinajstić information content (AvgIpc) is 2.46. The summed E-state index contributed by atoms with van der Waals surface area (Å²) < 4.78 is 2.77. The van der Waals surface area contributed by atoms with Crippen LogP contribution in [-0.2, 0) is 5.41 Å². The minimum atomic E-state index is 0.254. The molecule has 0 aliphatic heterocycles. The summed E-state index contributed by atoms with van der Waals surface area (Å²) in [5.74, 6) is 0. The standard InChI is InChI=1S/C12H13IS/c1-12(2,3)8-4-5-9-10(13)7-14-11(9)6-8/h4-7H,1-3H3. The maximum Gasteiger partial charge on any atom is 0.0356 e. The van der Waals surface area contributed by atoms with E-state index in [0.29, 0.717) is 0 Å². The zero-order valence-electron chi connectivity index (χ0n) is 8.60. The lowest BCUT2D eigenvalue weighted by atomic mass is 9.87. The van der Waals surface area contributed by atoms with E-state index in [1.54, 1.807) is 0 Å². The van der Waals surface area contributed by atoms with Crippen LogP contribution in [-0.4, -0.2) is 0 Å². The van der Waals surface area contributed by atoms with Gasteiger partial charge in [0.05, 0.1) is 0 Å². The molecule has 0 amide bonds. The first-order chi connectivity index (χ1) is 6.48. The average molecular weight is 316 g/mol. The number of benzene rings is 1. The molecule has 1 heterocycles. The first kappa shape index (κ1) is 10.4. The van der Waals surface area contributed by atoms with Gasteiger partial charge >= 0.3 is 0 Å². The van der Waals surface area contributed by atoms with Crippen LogP contribution in [0.5, 0.6) is 0 Å². The van der Waals surface area contributed by atoms with Crippen molar-refractivity contribution in [3.8, 4) is 0 Å².